The van der Waals surface area contributed by atoms with Crippen LogP contribution in [0.1, 0.15) is 16.1 Å². The number of nitriles is 1. The SMILES string of the molecule is Cc1cc(-c2nc(C)c(C#N)s2)ccc1F. The molecule has 0 saturated carbocycles. The van der Waals surface area contributed by atoms with E-state index in [-0.39, 0.29) is 5.82 Å². The van der Waals surface area contributed by atoms with Crippen LogP contribution in [0.4, 0.5) is 4.39 Å². The Morgan fingerprint density at radius 1 is 1.38 bits per heavy atom. The predicted molar refractivity (Wildman–Crippen MR) is 61.7 cm³/mol. The normalized spacial score (nSPS) is 10.1. The topological polar surface area (TPSA) is 36.7 Å². The van der Waals surface area contributed by atoms with E-state index in [0.29, 0.717) is 10.4 Å². The zero-order valence-corrected chi connectivity index (χ0v) is 9.73. The highest BCUT2D eigenvalue weighted by atomic mass is 32.1. The third-order valence-electron chi connectivity index (χ3n) is 2.30. The van der Waals surface area contributed by atoms with Gasteiger partial charge in [-0.15, -0.1) is 11.3 Å². The van der Waals surface area contributed by atoms with Gasteiger partial charge in [-0.2, -0.15) is 5.26 Å². The van der Waals surface area contributed by atoms with Crippen molar-refractivity contribution in [2.75, 3.05) is 0 Å². The Morgan fingerprint density at radius 3 is 2.69 bits per heavy atom. The number of aryl methyl sites for hydroxylation is 2. The Balaban J connectivity index is 2.51. The summed E-state index contributed by atoms with van der Waals surface area (Å²) in [7, 11) is 0. The highest BCUT2D eigenvalue weighted by Crippen LogP contribution is 2.28. The lowest BCUT2D eigenvalue weighted by Gasteiger charge is -1.99. The maximum atomic E-state index is 13.1. The molecule has 2 rings (SSSR count). The zero-order chi connectivity index (χ0) is 11.7. The molecule has 16 heavy (non-hydrogen) atoms. The molecule has 1 aromatic heterocycles. The van der Waals surface area contributed by atoms with E-state index >= 15 is 0 Å². The summed E-state index contributed by atoms with van der Waals surface area (Å²) in [5, 5.41) is 9.60. The average Bonchev–Trinajstić information content (AvgIpc) is 2.64. The summed E-state index contributed by atoms with van der Waals surface area (Å²) >= 11 is 1.33. The van der Waals surface area contributed by atoms with Crippen LogP contribution in [0.5, 0.6) is 0 Å². The molecule has 80 valence electrons. The Morgan fingerprint density at radius 2 is 2.12 bits per heavy atom. The van der Waals surface area contributed by atoms with Crippen LogP contribution < -0.4 is 0 Å². The summed E-state index contributed by atoms with van der Waals surface area (Å²) in [6.45, 7) is 3.51. The number of hydrogen-bond acceptors (Lipinski definition) is 3. The molecule has 0 aliphatic rings. The number of halogens is 1. The largest absolute Gasteiger partial charge is 0.240 e. The molecular formula is C12H9FN2S. The Kier molecular flexibility index (Phi) is 2.71. The molecule has 0 aliphatic carbocycles. The van der Waals surface area contributed by atoms with Crippen LogP contribution in [0.15, 0.2) is 18.2 Å². The molecule has 1 heterocycles. The first-order chi connectivity index (χ1) is 7.61. The van der Waals surface area contributed by atoms with Crippen molar-refractivity contribution in [1.29, 1.82) is 5.26 Å². The van der Waals surface area contributed by atoms with E-state index < -0.39 is 0 Å². The van der Waals surface area contributed by atoms with Crippen LogP contribution in [0, 0.1) is 31.0 Å². The maximum Gasteiger partial charge on any atom is 0.128 e. The minimum Gasteiger partial charge on any atom is -0.240 e. The molecule has 0 amide bonds. The van der Waals surface area contributed by atoms with Crippen molar-refractivity contribution < 1.29 is 4.39 Å². The molecule has 2 nitrogen and oxygen atoms in total. The van der Waals surface area contributed by atoms with Crippen LogP contribution in [-0.2, 0) is 0 Å². The van der Waals surface area contributed by atoms with E-state index in [1.54, 1.807) is 26.0 Å². The minimum absolute atomic E-state index is 0.225. The molecule has 0 saturated heterocycles. The second-order valence-electron chi connectivity index (χ2n) is 3.51. The van der Waals surface area contributed by atoms with Gasteiger partial charge in [-0.1, -0.05) is 0 Å². The molecule has 0 unspecified atom stereocenters. The number of rotatable bonds is 1. The van der Waals surface area contributed by atoms with E-state index in [2.05, 4.69) is 11.1 Å². The summed E-state index contributed by atoms with van der Waals surface area (Å²) in [4.78, 5) is 4.90. The third kappa shape index (κ3) is 1.82. The van der Waals surface area contributed by atoms with Crippen LogP contribution in [0.2, 0.25) is 0 Å². The number of aromatic nitrogens is 1. The Hall–Kier alpha value is -1.73. The second kappa shape index (κ2) is 4.03. The third-order valence-corrected chi connectivity index (χ3v) is 3.41. The minimum atomic E-state index is -0.225. The van der Waals surface area contributed by atoms with Gasteiger partial charge in [0.15, 0.2) is 0 Å². The van der Waals surface area contributed by atoms with Crippen molar-refractivity contribution in [2.45, 2.75) is 13.8 Å². The lowest BCUT2D eigenvalue weighted by molar-refractivity contribution is 0.619. The molecule has 0 bridgehead atoms. The second-order valence-corrected chi connectivity index (χ2v) is 4.51. The van der Waals surface area contributed by atoms with Crippen LogP contribution in [0.25, 0.3) is 10.6 Å². The van der Waals surface area contributed by atoms with E-state index in [4.69, 9.17) is 5.26 Å². The number of thiazole rings is 1. The quantitative estimate of drug-likeness (QED) is 0.755. The molecule has 2 aromatic rings. The van der Waals surface area contributed by atoms with Crippen molar-refractivity contribution in [3.8, 4) is 16.6 Å². The first-order valence-corrected chi connectivity index (χ1v) is 5.57. The fourth-order valence-electron chi connectivity index (χ4n) is 1.40. The highest BCUT2D eigenvalue weighted by molar-refractivity contribution is 7.15. The van der Waals surface area contributed by atoms with Gasteiger partial charge in [-0.25, -0.2) is 9.37 Å². The van der Waals surface area contributed by atoms with Gasteiger partial charge in [-0.3, -0.25) is 0 Å². The maximum absolute atomic E-state index is 13.1. The number of hydrogen-bond donors (Lipinski definition) is 0. The van der Waals surface area contributed by atoms with Crippen LogP contribution in [-0.4, -0.2) is 4.98 Å². The van der Waals surface area contributed by atoms with Gasteiger partial charge in [0.05, 0.1) is 5.69 Å². The summed E-state index contributed by atoms with van der Waals surface area (Å²) < 4.78 is 13.1. The molecule has 0 spiro atoms. The zero-order valence-electron chi connectivity index (χ0n) is 8.91. The van der Waals surface area contributed by atoms with Crippen molar-refractivity contribution >= 4 is 11.3 Å². The van der Waals surface area contributed by atoms with Crippen molar-refractivity contribution in [2.24, 2.45) is 0 Å². The Labute approximate surface area is 97.0 Å². The first kappa shape index (κ1) is 10.8. The van der Waals surface area contributed by atoms with Crippen molar-refractivity contribution in [1.82, 2.24) is 4.98 Å². The predicted octanol–water partition coefficient (Wildman–Crippen LogP) is 3.44. The van der Waals surface area contributed by atoms with Gasteiger partial charge in [0.2, 0.25) is 0 Å². The van der Waals surface area contributed by atoms with E-state index in [0.717, 1.165) is 16.3 Å². The van der Waals surface area contributed by atoms with Gasteiger partial charge in [-0.05, 0) is 37.6 Å². The standard InChI is InChI=1S/C12H9FN2S/c1-7-5-9(3-4-10(7)13)12-15-8(2)11(6-14)16-12/h3-5H,1-2H3. The first-order valence-electron chi connectivity index (χ1n) is 4.76. The smallest absolute Gasteiger partial charge is 0.128 e. The van der Waals surface area contributed by atoms with Gasteiger partial charge in [0, 0.05) is 5.56 Å². The molecule has 1 aromatic carbocycles. The molecule has 4 heteroatoms. The average molecular weight is 232 g/mol. The lowest BCUT2D eigenvalue weighted by atomic mass is 10.1. The summed E-state index contributed by atoms with van der Waals surface area (Å²) in [6.07, 6.45) is 0. The fourth-order valence-corrected chi connectivity index (χ4v) is 2.26. The van der Waals surface area contributed by atoms with Gasteiger partial charge in [0.1, 0.15) is 21.8 Å². The summed E-state index contributed by atoms with van der Waals surface area (Å²) in [5.74, 6) is -0.225. The fraction of sp³-hybridized carbons (Fsp3) is 0.167. The molecule has 0 radical (unpaired) electrons. The Bertz CT molecular complexity index is 581. The van der Waals surface area contributed by atoms with E-state index in [1.807, 2.05) is 0 Å². The van der Waals surface area contributed by atoms with E-state index in [9.17, 15) is 4.39 Å². The highest BCUT2D eigenvalue weighted by Gasteiger charge is 2.09. The van der Waals surface area contributed by atoms with Crippen LogP contribution >= 0.6 is 11.3 Å². The summed E-state index contributed by atoms with van der Waals surface area (Å²) in [6, 6.07) is 6.94. The van der Waals surface area contributed by atoms with Gasteiger partial charge < -0.3 is 0 Å². The van der Waals surface area contributed by atoms with E-state index in [1.165, 1.54) is 17.4 Å². The van der Waals surface area contributed by atoms with Crippen LogP contribution in [0.3, 0.4) is 0 Å². The molecular weight excluding hydrogens is 223 g/mol. The molecule has 0 atom stereocenters. The van der Waals surface area contributed by atoms with Crippen molar-refractivity contribution in [3.63, 3.8) is 0 Å². The molecule has 0 fully saturated rings. The lowest BCUT2D eigenvalue weighted by Crippen LogP contribution is -1.83. The number of nitrogens with zero attached hydrogens (tertiary/aromatic N) is 2. The number of benzene rings is 1. The molecule has 0 aliphatic heterocycles. The summed E-state index contributed by atoms with van der Waals surface area (Å²) in [5.41, 5.74) is 2.17. The monoisotopic (exact) mass is 232 g/mol. The van der Waals surface area contributed by atoms with Gasteiger partial charge >= 0.3 is 0 Å². The van der Waals surface area contributed by atoms with Gasteiger partial charge in [0.25, 0.3) is 0 Å². The van der Waals surface area contributed by atoms with Crippen molar-refractivity contribution in [3.05, 3.63) is 40.2 Å². The molecule has 0 N–H and O–H groups in total.